The summed E-state index contributed by atoms with van der Waals surface area (Å²) < 4.78 is 74.1. The van der Waals surface area contributed by atoms with E-state index in [2.05, 4.69) is 214 Å². The second-order valence-corrected chi connectivity index (χ2v) is 32.8. The molecule has 748 valence electrons. The fourth-order valence-corrected chi connectivity index (χ4v) is 14.1. The Hall–Kier alpha value is -14.2. The predicted molar refractivity (Wildman–Crippen MR) is 508 cm³/mol. The van der Waals surface area contributed by atoms with Crippen LogP contribution in [0, 0.1) is 46.1 Å². The molecule has 0 amide bonds. The standard InChI is InChI=1S/C16H18N3.C13H7F3N3.C12H14N3.C11H8N.C9H5F3N3.5C8H7N4.5Pt/c1-15(2)10-7-8-16(15,3)14-12(10)13(18-19-14)11-6-4-5-9-17-11;14-13(15,16)11-7-10(18-19-11)12-9-4-2-1-3-8(9)5-6-17-12;1-12(2,3)11-8-10(14-15-11)9-6-4-5-7-13-9;1-2-6-10(7-3-1)11-8-4-5-9-12-11;10-9(11,12)8-5-7(14-15-8)6-3-1-2-4-13-6;5*1-6-5-7(12-11-6)8-9-3-2-4-10-8;;;;;/h4-6,9-10H,7-8H2,1-3H3;1-7H;4-8H,1-3H3;1-6,8-9H;1-5H;5*2-5H,1H3;;;;;/q10*-1;5*+2. The van der Waals surface area contributed by atoms with Crippen LogP contribution in [0.1, 0.15) is 117 Å². The van der Waals surface area contributed by atoms with Crippen molar-refractivity contribution in [1.29, 1.82) is 0 Å². The molecular weight excluding hydrogens is 2760 g/mol. The average Bonchev–Trinajstić information content (AvgIpc) is 1.52. The second kappa shape index (κ2) is 53.9. The van der Waals surface area contributed by atoms with E-state index >= 15 is 0 Å². The molecule has 33 nitrogen and oxygen atoms in total. The smallest absolute Gasteiger partial charge is 0.573 e. The van der Waals surface area contributed by atoms with Crippen LogP contribution in [-0.4, -0.2) is 121 Å². The molecule has 1 saturated carbocycles. The molecule has 1 fully saturated rings. The van der Waals surface area contributed by atoms with Crippen molar-refractivity contribution in [3.8, 4) is 114 Å². The fourth-order valence-electron chi connectivity index (χ4n) is 14.1. The van der Waals surface area contributed by atoms with Crippen molar-refractivity contribution in [2.45, 2.75) is 118 Å². The molecule has 0 radical (unpaired) electrons. The first-order valence-corrected chi connectivity index (χ1v) is 43.4. The van der Waals surface area contributed by atoms with Crippen LogP contribution in [0.5, 0.6) is 0 Å². The number of rotatable bonds is 10. The van der Waals surface area contributed by atoms with E-state index in [0.29, 0.717) is 46.4 Å². The monoisotopic (exact) mass is 2850 g/mol. The van der Waals surface area contributed by atoms with Gasteiger partial charge in [0.1, 0.15) is 40.5 Å². The molecule has 0 spiro atoms. The average molecular weight is 2850 g/mol. The Morgan fingerprint density at radius 2 is 0.628 bits per heavy atom. The summed E-state index contributed by atoms with van der Waals surface area (Å²) in [6.45, 7) is 22.9. The summed E-state index contributed by atoms with van der Waals surface area (Å²) in [5.74, 6) is 3.70. The van der Waals surface area contributed by atoms with Gasteiger partial charge in [0.15, 0.2) is 0 Å². The van der Waals surface area contributed by atoms with Crippen molar-refractivity contribution in [3.63, 3.8) is 0 Å². The third kappa shape index (κ3) is 31.2. The number of nitrogens with zero attached hydrogens (tertiary/aromatic N) is 33. The molecule has 44 heteroatoms. The summed E-state index contributed by atoms with van der Waals surface area (Å²) in [6.07, 6.45) is 18.8. The summed E-state index contributed by atoms with van der Waals surface area (Å²) in [7, 11) is 0. The molecule has 2 aliphatic rings. The number of aromatic nitrogens is 33. The van der Waals surface area contributed by atoms with Gasteiger partial charge in [0.2, 0.25) is 0 Å². The number of benzene rings is 2. The largest absolute Gasteiger partial charge is 2.00 e. The topological polar surface area (TPSA) is 436 Å². The van der Waals surface area contributed by atoms with Crippen molar-refractivity contribution in [1.82, 2.24) is 167 Å². The Balaban J connectivity index is 0.000000180. The number of alkyl halides is 6. The van der Waals surface area contributed by atoms with E-state index < -0.39 is 23.7 Å². The molecule has 21 aromatic rings. The van der Waals surface area contributed by atoms with Crippen molar-refractivity contribution in [3.05, 3.63) is 362 Å². The van der Waals surface area contributed by atoms with E-state index in [9.17, 15) is 26.3 Å². The zero-order chi connectivity index (χ0) is 98.7. The maximum atomic E-state index is 12.5. The van der Waals surface area contributed by atoms with Gasteiger partial charge in [-0.1, -0.05) is 184 Å². The van der Waals surface area contributed by atoms with Crippen molar-refractivity contribution < 1.29 is 132 Å². The van der Waals surface area contributed by atoms with Gasteiger partial charge in [-0.05, 0) is 166 Å². The molecule has 2 aromatic carbocycles. The Bertz CT molecular complexity index is 6780. The van der Waals surface area contributed by atoms with Gasteiger partial charge >= 0.3 is 118 Å². The molecule has 2 aliphatic carbocycles. The Labute approximate surface area is 901 Å². The number of halogens is 6. The summed E-state index contributed by atoms with van der Waals surface area (Å²) in [6, 6.07) is 64.5. The number of hydrogen-bond donors (Lipinski definition) is 0. The van der Waals surface area contributed by atoms with Crippen LogP contribution in [0.25, 0.3) is 125 Å². The van der Waals surface area contributed by atoms with Crippen LogP contribution >= 0.6 is 0 Å². The van der Waals surface area contributed by atoms with Crippen LogP contribution in [0.15, 0.2) is 299 Å². The SMILES string of the molecule is CC(C)(C)c1cc(-c2ccccn2)[n-]n1.CC12CCC(c3c1n[n-]c3-c1ccccn1)C2(C)C.Cc1cc(-c2ncccn2)[n-]n1.Cc1cc(-c2ncccn2)[n-]n1.Cc1cc(-c2ncccn2)[n-]n1.Cc1cc(-c2ncccn2)[n-]n1.Cc1cc(-c2ncccn2)[n-]n1.FC(F)(F)c1cc(-c2ccccn2)[n-]n1.FC(F)(F)c1cc(-c2nccc3ccccc23)[n-]n1.[Pt+2].[Pt+2].[Pt+2].[Pt+2].[Pt+2].[c-]1ccccc1-c1ccccn1. The molecule has 19 aromatic heterocycles. The van der Waals surface area contributed by atoms with Gasteiger partial charge in [-0.25, -0.2) is 49.8 Å². The Morgan fingerprint density at radius 1 is 0.303 bits per heavy atom. The molecule has 2 atom stereocenters. The predicted octanol–water partition coefficient (Wildman–Crippen LogP) is 17.6. The summed E-state index contributed by atoms with van der Waals surface area (Å²) in [5.41, 5.74) is 16.9. The molecular formula is C101H87F6N33Pt5. The Kier molecular flexibility index (Phi) is 42.5. The molecule has 0 N–H and O–H groups in total. The van der Waals surface area contributed by atoms with Crippen LogP contribution in [0.3, 0.4) is 0 Å². The van der Waals surface area contributed by atoms with Gasteiger partial charge in [0, 0.05) is 166 Å². The number of pyridine rings is 5. The van der Waals surface area contributed by atoms with Gasteiger partial charge in [-0.3, -0.25) is 19.9 Å². The minimum atomic E-state index is -4.49. The first-order valence-electron chi connectivity index (χ1n) is 43.4. The molecule has 2 unspecified atom stereocenters. The van der Waals surface area contributed by atoms with E-state index in [1.807, 2.05) is 168 Å². The molecule has 2 bridgehead atoms. The third-order valence-electron chi connectivity index (χ3n) is 21.4. The van der Waals surface area contributed by atoms with Gasteiger partial charge in [-0.15, -0.1) is 35.9 Å². The summed E-state index contributed by atoms with van der Waals surface area (Å²) >= 11 is 0. The second-order valence-electron chi connectivity index (χ2n) is 32.8. The third-order valence-corrected chi connectivity index (χ3v) is 21.4. The van der Waals surface area contributed by atoms with Crippen LogP contribution < -0.4 is 45.9 Å². The summed E-state index contributed by atoms with van der Waals surface area (Å²) in [4.78, 5) is 61.4. The van der Waals surface area contributed by atoms with Crippen LogP contribution in [0.4, 0.5) is 26.3 Å². The van der Waals surface area contributed by atoms with E-state index in [0.717, 1.165) is 120 Å². The zero-order valence-electron chi connectivity index (χ0n) is 78.9. The van der Waals surface area contributed by atoms with Gasteiger partial charge in [0.25, 0.3) is 0 Å². The normalized spacial score (nSPS) is 13.0. The van der Waals surface area contributed by atoms with Gasteiger partial charge < -0.3 is 96.8 Å². The maximum absolute atomic E-state index is 12.5. The quantitative estimate of drug-likeness (QED) is 0.0906. The minimum absolute atomic E-state index is 0. The Morgan fingerprint density at radius 3 is 0.959 bits per heavy atom. The molecule has 23 rings (SSSR count). The first kappa shape index (κ1) is 114. The van der Waals surface area contributed by atoms with E-state index in [1.54, 1.807) is 147 Å². The van der Waals surface area contributed by atoms with Crippen molar-refractivity contribution >= 4 is 10.8 Å². The van der Waals surface area contributed by atoms with E-state index in [-0.39, 0.29) is 133 Å². The molecule has 0 saturated heterocycles. The number of hydrogen-bond acceptors (Lipinski definition) is 24. The fraction of sp³-hybridized carbons (Fsp3) is 0.188. The molecule has 145 heavy (non-hydrogen) atoms. The van der Waals surface area contributed by atoms with Gasteiger partial charge in [0.05, 0.1) is 5.69 Å². The van der Waals surface area contributed by atoms with Crippen LogP contribution in [0.2, 0.25) is 0 Å². The zero-order valence-corrected chi connectivity index (χ0v) is 90.2. The minimum Gasteiger partial charge on any atom is -0.573 e. The summed E-state index contributed by atoms with van der Waals surface area (Å²) in [5, 5.41) is 71.0. The maximum Gasteiger partial charge on any atom is 2.00 e. The first-order chi connectivity index (χ1) is 67.5. The number of aryl methyl sites for hydroxylation is 5. The van der Waals surface area contributed by atoms with E-state index in [4.69, 9.17) is 0 Å². The van der Waals surface area contributed by atoms with Gasteiger partial charge in [-0.2, -0.15) is 26.3 Å². The van der Waals surface area contributed by atoms with Crippen LogP contribution in [-0.2, 0) is 129 Å². The van der Waals surface area contributed by atoms with E-state index in [1.165, 1.54) is 30.3 Å². The van der Waals surface area contributed by atoms with Crippen molar-refractivity contribution in [2.75, 3.05) is 0 Å². The molecule has 0 aliphatic heterocycles. The molecule has 19 heterocycles. The number of fused-ring (bicyclic) bond motifs is 6. The van der Waals surface area contributed by atoms with Crippen molar-refractivity contribution in [2.24, 2.45) is 5.41 Å².